The molecule has 0 radical (unpaired) electrons. The van der Waals surface area contributed by atoms with Crippen LogP contribution in [0, 0.1) is 5.92 Å². The molecule has 1 N–H and O–H groups in total. The Hall–Kier alpha value is -1.75. The Morgan fingerprint density at radius 3 is 2.52 bits per heavy atom. The van der Waals surface area contributed by atoms with Crippen molar-refractivity contribution in [3.05, 3.63) is 29.3 Å². The van der Waals surface area contributed by atoms with Gasteiger partial charge in [0.2, 0.25) is 5.91 Å². The minimum atomic E-state index is -0.156. The molecule has 0 unspecified atom stereocenters. The van der Waals surface area contributed by atoms with Gasteiger partial charge in [0.1, 0.15) is 5.75 Å². The van der Waals surface area contributed by atoms with Crippen molar-refractivity contribution in [2.24, 2.45) is 5.92 Å². The second-order valence-corrected chi connectivity index (χ2v) is 6.57. The van der Waals surface area contributed by atoms with Gasteiger partial charge < -0.3 is 15.0 Å². The van der Waals surface area contributed by atoms with E-state index < -0.39 is 0 Å². The molecule has 2 amide bonds. The van der Waals surface area contributed by atoms with E-state index in [4.69, 9.17) is 16.3 Å². The molecule has 0 bridgehead atoms. The van der Waals surface area contributed by atoms with Crippen molar-refractivity contribution < 1.29 is 14.3 Å². The Labute approximate surface area is 140 Å². The van der Waals surface area contributed by atoms with Crippen LogP contribution >= 0.6 is 11.6 Å². The van der Waals surface area contributed by atoms with Crippen molar-refractivity contribution in [1.29, 1.82) is 0 Å². The highest BCUT2D eigenvalue weighted by Crippen LogP contribution is 2.31. The third-order valence-corrected chi connectivity index (χ3v) is 4.61. The number of carbonyl (C=O) groups excluding carboxylic acids is 2. The van der Waals surface area contributed by atoms with E-state index >= 15 is 0 Å². The summed E-state index contributed by atoms with van der Waals surface area (Å²) in [5, 5.41) is 3.46. The zero-order valence-electron chi connectivity index (χ0n) is 13.0. The maximum absolute atomic E-state index is 12.0. The number of rotatable bonds is 5. The average Bonchev–Trinajstić information content (AvgIpc) is 3.39. The molecule has 124 valence electrons. The molecule has 1 aliphatic carbocycles. The second kappa shape index (κ2) is 7.21. The lowest BCUT2D eigenvalue weighted by molar-refractivity contribution is -0.133. The summed E-state index contributed by atoms with van der Waals surface area (Å²) >= 11 is 5.98. The summed E-state index contributed by atoms with van der Waals surface area (Å²) in [5.41, 5.74) is 0. The minimum Gasteiger partial charge on any atom is -0.482 e. The summed E-state index contributed by atoms with van der Waals surface area (Å²) in [4.78, 5) is 25.9. The van der Waals surface area contributed by atoms with E-state index in [2.05, 4.69) is 5.32 Å². The highest BCUT2D eigenvalue weighted by Gasteiger charge is 2.35. The number of carbonyl (C=O) groups is 2. The highest BCUT2D eigenvalue weighted by atomic mass is 35.5. The zero-order valence-corrected chi connectivity index (χ0v) is 13.7. The number of piperidine rings is 1. The monoisotopic (exact) mass is 336 g/mol. The van der Waals surface area contributed by atoms with Gasteiger partial charge in [-0.05, 0) is 37.8 Å². The Morgan fingerprint density at radius 2 is 1.87 bits per heavy atom. The van der Waals surface area contributed by atoms with E-state index in [-0.39, 0.29) is 30.4 Å². The maximum atomic E-state index is 12.0. The third-order valence-electron chi connectivity index (χ3n) is 4.29. The summed E-state index contributed by atoms with van der Waals surface area (Å²) in [6, 6.07) is 7.19. The Balaban J connectivity index is 1.39. The van der Waals surface area contributed by atoms with Crippen LogP contribution < -0.4 is 10.1 Å². The van der Waals surface area contributed by atoms with Crippen molar-refractivity contribution in [2.45, 2.75) is 31.7 Å². The number of likely N-dealkylation sites (tertiary alicyclic amines) is 1. The fourth-order valence-corrected chi connectivity index (χ4v) is 3.00. The Bertz CT molecular complexity index is 581. The van der Waals surface area contributed by atoms with Crippen molar-refractivity contribution >= 4 is 23.4 Å². The van der Waals surface area contributed by atoms with E-state index in [1.807, 2.05) is 17.0 Å². The van der Waals surface area contributed by atoms with Crippen LogP contribution in [0.25, 0.3) is 0 Å². The molecule has 6 heteroatoms. The average molecular weight is 337 g/mol. The number of hydrogen-bond donors (Lipinski definition) is 1. The van der Waals surface area contributed by atoms with Gasteiger partial charge in [-0.3, -0.25) is 9.59 Å². The molecule has 23 heavy (non-hydrogen) atoms. The van der Waals surface area contributed by atoms with Gasteiger partial charge >= 0.3 is 0 Å². The van der Waals surface area contributed by atoms with Gasteiger partial charge in [-0.1, -0.05) is 23.7 Å². The number of nitrogens with one attached hydrogen (secondary N) is 1. The van der Waals surface area contributed by atoms with Crippen LogP contribution in [0.1, 0.15) is 25.7 Å². The summed E-state index contributed by atoms with van der Waals surface area (Å²) < 4.78 is 5.43. The molecule has 0 spiro atoms. The molecule has 2 aliphatic rings. The molecule has 1 aromatic carbocycles. The number of halogens is 1. The number of nitrogens with zero attached hydrogens (tertiary/aromatic N) is 1. The maximum Gasteiger partial charge on any atom is 0.258 e. The van der Waals surface area contributed by atoms with Crippen molar-refractivity contribution in [3.63, 3.8) is 0 Å². The number of ether oxygens (including phenoxy) is 1. The van der Waals surface area contributed by atoms with Gasteiger partial charge in [0, 0.05) is 25.0 Å². The van der Waals surface area contributed by atoms with Crippen molar-refractivity contribution in [2.75, 3.05) is 19.7 Å². The van der Waals surface area contributed by atoms with E-state index in [0.29, 0.717) is 10.8 Å². The molecule has 1 aliphatic heterocycles. The SMILES string of the molecule is O=C(COc1ccccc1Cl)NC1CCN(C(=O)C2CC2)CC1. The van der Waals surface area contributed by atoms with E-state index in [0.717, 1.165) is 38.8 Å². The first-order chi connectivity index (χ1) is 11.1. The largest absolute Gasteiger partial charge is 0.482 e. The molecule has 3 rings (SSSR count). The number of benzene rings is 1. The first-order valence-corrected chi connectivity index (χ1v) is 8.47. The predicted molar refractivity (Wildman–Crippen MR) is 87.4 cm³/mol. The fraction of sp³-hybridized carbons (Fsp3) is 0.529. The molecule has 1 heterocycles. The predicted octanol–water partition coefficient (Wildman–Crippen LogP) is 2.24. The molecule has 1 saturated heterocycles. The standard InChI is InChI=1S/C17H21ClN2O3/c18-14-3-1-2-4-15(14)23-11-16(21)19-13-7-9-20(10-8-13)17(22)12-5-6-12/h1-4,12-13H,5-11H2,(H,19,21). The molecule has 1 saturated carbocycles. The van der Waals surface area contributed by atoms with Gasteiger partial charge in [0.15, 0.2) is 6.61 Å². The molecule has 5 nitrogen and oxygen atoms in total. The lowest BCUT2D eigenvalue weighted by Gasteiger charge is -2.32. The van der Waals surface area contributed by atoms with Crippen LogP contribution in [-0.2, 0) is 9.59 Å². The topological polar surface area (TPSA) is 58.6 Å². The number of amides is 2. The Kier molecular flexibility index (Phi) is 5.06. The summed E-state index contributed by atoms with van der Waals surface area (Å²) in [5.74, 6) is 0.910. The van der Waals surface area contributed by atoms with Gasteiger partial charge in [-0.25, -0.2) is 0 Å². The van der Waals surface area contributed by atoms with Crippen LogP contribution in [0.3, 0.4) is 0 Å². The molecular weight excluding hydrogens is 316 g/mol. The first-order valence-electron chi connectivity index (χ1n) is 8.09. The lowest BCUT2D eigenvalue weighted by Crippen LogP contribution is -2.47. The molecule has 0 atom stereocenters. The van der Waals surface area contributed by atoms with E-state index in [9.17, 15) is 9.59 Å². The number of para-hydroxylation sites is 1. The first kappa shape index (κ1) is 16.1. The van der Waals surface area contributed by atoms with Gasteiger partial charge in [0.25, 0.3) is 5.91 Å². The van der Waals surface area contributed by atoms with E-state index in [1.54, 1.807) is 12.1 Å². The van der Waals surface area contributed by atoms with Crippen LogP contribution in [0.5, 0.6) is 5.75 Å². The lowest BCUT2D eigenvalue weighted by atomic mass is 10.0. The summed E-state index contributed by atoms with van der Waals surface area (Å²) in [6.07, 6.45) is 3.68. The summed E-state index contributed by atoms with van der Waals surface area (Å²) in [6.45, 7) is 1.41. The van der Waals surface area contributed by atoms with Crippen LogP contribution in [0.2, 0.25) is 5.02 Å². The van der Waals surface area contributed by atoms with Crippen LogP contribution in [0.15, 0.2) is 24.3 Å². The van der Waals surface area contributed by atoms with Gasteiger partial charge in [0.05, 0.1) is 5.02 Å². The number of hydrogen-bond acceptors (Lipinski definition) is 3. The van der Waals surface area contributed by atoms with Crippen molar-refractivity contribution in [1.82, 2.24) is 10.2 Å². The summed E-state index contributed by atoms with van der Waals surface area (Å²) in [7, 11) is 0. The normalized spacial score (nSPS) is 18.6. The smallest absolute Gasteiger partial charge is 0.258 e. The van der Waals surface area contributed by atoms with Gasteiger partial charge in [-0.15, -0.1) is 0 Å². The van der Waals surface area contributed by atoms with Crippen molar-refractivity contribution in [3.8, 4) is 5.75 Å². The zero-order chi connectivity index (χ0) is 16.2. The second-order valence-electron chi connectivity index (χ2n) is 6.16. The Morgan fingerprint density at radius 1 is 1.17 bits per heavy atom. The molecule has 2 fully saturated rings. The van der Waals surface area contributed by atoms with E-state index in [1.165, 1.54) is 0 Å². The molecule has 0 aromatic heterocycles. The van der Waals surface area contributed by atoms with Crippen LogP contribution in [0.4, 0.5) is 0 Å². The molecule has 1 aromatic rings. The van der Waals surface area contributed by atoms with Gasteiger partial charge in [-0.2, -0.15) is 0 Å². The quantitative estimate of drug-likeness (QED) is 0.897. The van der Waals surface area contributed by atoms with Crippen LogP contribution in [-0.4, -0.2) is 42.5 Å². The highest BCUT2D eigenvalue weighted by molar-refractivity contribution is 6.32. The fourth-order valence-electron chi connectivity index (χ4n) is 2.81. The minimum absolute atomic E-state index is 0.0506. The molecular formula is C17H21ClN2O3. The third kappa shape index (κ3) is 4.38.